The molecule has 9 rings (SSSR count). The molecule has 0 fully saturated rings. The molecule has 0 saturated heterocycles. The normalized spacial score (nSPS) is 12.1. The van der Waals surface area contributed by atoms with Crippen molar-refractivity contribution in [3.63, 3.8) is 0 Å². The van der Waals surface area contributed by atoms with Gasteiger partial charge in [-0.2, -0.15) is 0 Å². The standard InChI is InChI=1S/C44H10F20N4.Mn/c45-25-21(26(46)34(54)41(61)33(25)53)17-9-1-2-10(65-9)18(22-27(47)35(55)42(62)36(56)28(22)48)12-5-6-14(67-12)20(24-31(51)39(59)44(64)40(60)32(24)52)16-8-7-15(68-16)19(13-4-3-11(17)66-13)23-29(49)37(57)43(63)38(58)30(23)50;/h1-8,65,68H;. The third kappa shape index (κ3) is 6.99. The van der Waals surface area contributed by atoms with Gasteiger partial charge in [0.25, 0.3) is 0 Å². The van der Waals surface area contributed by atoms with Crippen LogP contribution in [0.2, 0.25) is 0 Å². The van der Waals surface area contributed by atoms with Crippen molar-refractivity contribution < 1.29 is 105 Å². The number of aromatic amines is 2. The van der Waals surface area contributed by atoms with Crippen LogP contribution in [0.25, 0.3) is 90.9 Å². The number of nitrogens with zero attached hydrogens (tertiary/aromatic N) is 2. The molecule has 4 aromatic carbocycles. The molecule has 0 saturated carbocycles. The molecule has 1 radical (unpaired) electrons. The molecule has 353 valence electrons. The quantitative estimate of drug-likeness (QED) is 0.0799. The van der Waals surface area contributed by atoms with Gasteiger partial charge in [-0.15, -0.1) is 0 Å². The largest absolute Gasteiger partial charge is 0.354 e. The first-order valence-electron chi connectivity index (χ1n) is 18.3. The fourth-order valence-corrected chi connectivity index (χ4v) is 7.56. The van der Waals surface area contributed by atoms with Crippen molar-refractivity contribution in [1.82, 2.24) is 19.9 Å². The van der Waals surface area contributed by atoms with Gasteiger partial charge in [0.05, 0.1) is 45.0 Å². The molecular weight excluding hydrogens is 1020 g/mol. The maximum atomic E-state index is 15.8. The zero-order valence-corrected chi connectivity index (χ0v) is 33.6. The summed E-state index contributed by atoms with van der Waals surface area (Å²) in [4.78, 5) is 12.3. The summed E-state index contributed by atoms with van der Waals surface area (Å²) >= 11 is 0. The van der Waals surface area contributed by atoms with E-state index in [4.69, 9.17) is 0 Å². The first-order valence-corrected chi connectivity index (χ1v) is 18.3. The van der Waals surface area contributed by atoms with Gasteiger partial charge in [0, 0.05) is 61.4 Å². The van der Waals surface area contributed by atoms with Gasteiger partial charge in [-0.05, 0) is 48.6 Å². The Balaban J connectivity index is 0.00000642. The Morgan fingerprint density at radius 3 is 0.522 bits per heavy atom. The van der Waals surface area contributed by atoms with Gasteiger partial charge in [-0.1, -0.05) is 0 Å². The average molecular weight is 1030 g/mol. The summed E-state index contributed by atoms with van der Waals surface area (Å²) in [5.74, 6) is -52.6. The average Bonchev–Trinajstić information content (AvgIpc) is 4.18. The number of H-pyrrole nitrogens is 2. The summed E-state index contributed by atoms with van der Waals surface area (Å²) in [7, 11) is 0. The minimum atomic E-state index is -2.72. The van der Waals surface area contributed by atoms with Gasteiger partial charge >= 0.3 is 0 Å². The summed E-state index contributed by atoms with van der Waals surface area (Å²) in [6, 6.07) is 2.51. The molecule has 2 N–H and O–H groups in total. The van der Waals surface area contributed by atoms with Gasteiger partial charge in [0.15, 0.2) is 93.1 Å². The molecule has 4 nitrogen and oxygen atoms in total. The maximum Gasteiger partial charge on any atom is 0.200 e. The molecule has 0 aliphatic carbocycles. The Kier molecular flexibility index (Phi) is 11.8. The molecule has 0 amide bonds. The molecule has 2 aliphatic rings. The Labute approximate surface area is 378 Å². The van der Waals surface area contributed by atoms with Gasteiger partial charge in [-0.25, -0.2) is 97.8 Å². The van der Waals surface area contributed by atoms with E-state index in [1.165, 1.54) is 0 Å². The number of aromatic nitrogens is 4. The predicted octanol–water partition coefficient (Wildman–Crippen LogP) is 14.1. The molecule has 8 bridgehead atoms. The molecule has 69 heavy (non-hydrogen) atoms. The topological polar surface area (TPSA) is 57.4 Å². The molecule has 0 spiro atoms. The molecular formula is C44H10F20MnN4. The van der Waals surface area contributed by atoms with Crippen molar-refractivity contribution in [2.75, 3.05) is 0 Å². The summed E-state index contributed by atoms with van der Waals surface area (Å²) in [6.07, 6.45) is 2.40. The number of hydrogen-bond donors (Lipinski definition) is 2. The predicted molar refractivity (Wildman–Crippen MR) is 200 cm³/mol. The van der Waals surface area contributed by atoms with Crippen molar-refractivity contribution in [3.8, 4) is 44.5 Å². The number of rotatable bonds is 4. The Morgan fingerprint density at radius 2 is 0.362 bits per heavy atom. The van der Waals surface area contributed by atoms with E-state index in [9.17, 15) is 52.7 Å². The first kappa shape index (κ1) is 48.1. The van der Waals surface area contributed by atoms with Crippen LogP contribution in [0.3, 0.4) is 0 Å². The molecule has 5 heterocycles. The smallest absolute Gasteiger partial charge is 0.200 e. The van der Waals surface area contributed by atoms with Crippen molar-refractivity contribution >= 4 is 46.4 Å². The summed E-state index contributed by atoms with van der Waals surface area (Å²) in [6.45, 7) is 0. The van der Waals surface area contributed by atoms with Crippen LogP contribution in [0.4, 0.5) is 87.8 Å². The third-order valence-electron chi connectivity index (χ3n) is 10.6. The second-order valence-corrected chi connectivity index (χ2v) is 14.3. The SMILES string of the molecule is Fc1c(F)c(F)c(-c2c3nc(c(-c4c(F)c(F)c(F)c(F)c4F)c4ccc([nH]4)c(-c4c(F)c(F)c(F)c(F)c4F)c4nc(c(-c5c(F)c(F)c(F)c(F)c5F)c5ccc2[nH]5)C=C4)C=C3)c(F)c1F.[Mn]. The Bertz CT molecular complexity index is 3120. The van der Waals surface area contributed by atoms with E-state index in [0.717, 1.165) is 0 Å². The molecule has 2 aliphatic heterocycles. The number of halogens is 20. The van der Waals surface area contributed by atoms with E-state index in [1.54, 1.807) is 0 Å². The van der Waals surface area contributed by atoms with Crippen LogP contribution in [0, 0.1) is 116 Å². The van der Waals surface area contributed by atoms with Crippen LogP contribution in [-0.2, 0) is 17.1 Å². The van der Waals surface area contributed by atoms with E-state index in [1.807, 2.05) is 0 Å². The molecule has 25 heteroatoms. The number of fused-ring (bicyclic) bond motifs is 8. The zero-order chi connectivity index (χ0) is 49.3. The van der Waals surface area contributed by atoms with Crippen LogP contribution < -0.4 is 0 Å². The van der Waals surface area contributed by atoms with Crippen molar-refractivity contribution in [3.05, 3.63) is 163 Å². The van der Waals surface area contributed by atoms with Crippen LogP contribution >= 0.6 is 0 Å². The monoisotopic (exact) mass is 1030 g/mol. The fraction of sp³-hybridized carbons (Fsp3) is 0. The Hall–Kier alpha value is -7.40. The summed E-state index contributed by atoms with van der Waals surface area (Å²) in [5, 5.41) is 0. The van der Waals surface area contributed by atoms with Gasteiger partial charge in [0.1, 0.15) is 0 Å². The Morgan fingerprint density at radius 1 is 0.217 bits per heavy atom. The van der Waals surface area contributed by atoms with Crippen LogP contribution in [0.15, 0.2) is 24.3 Å². The second-order valence-electron chi connectivity index (χ2n) is 14.3. The van der Waals surface area contributed by atoms with Crippen molar-refractivity contribution in [2.24, 2.45) is 0 Å². The molecule has 0 unspecified atom stereocenters. The van der Waals surface area contributed by atoms with Crippen molar-refractivity contribution in [1.29, 1.82) is 0 Å². The molecule has 7 aromatic rings. The number of nitrogens with one attached hydrogen (secondary N) is 2. The van der Waals surface area contributed by atoms with E-state index in [0.29, 0.717) is 48.6 Å². The van der Waals surface area contributed by atoms with E-state index < -0.39 is 206 Å². The molecule has 3 aromatic heterocycles. The fourth-order valence-electron chi connectivity index (χ4n) is 7.56. The van der Waals surface area contributed by atoms with Gasteiger partial charge < -0.3 is 9.97 Å². The minimum Gasteiger partial charge on any atom is -0.354 e. The van der Waals surface area contributed by atoms with E-state index in [2.05, 4.69) is 19.9 Å². The van der Waals surface area contributed by atoms with Gasteiger partial charge in [-0.3, -0.25) is 0 Å². The minimum absolute atomic E-state index is 0. The molecule has 0 atom stereocenters. The van der Waals surface area contributed by atoms with E-state index >= 15 is 35.1 Å². The summed E-state index contributed by atoms with van der Waals surface area (Å²) in [5.41, 5.74) is -20.5. The second kappa shape index (κ2) is 17.0. The van der Waals surface area contributed by atoms with Crippen LogP contribution in [0.1, 0.15) is 22.8 Å². The summed E-state index contributed by atoms with van der Waals surface area (Å²) < 4.78 is 303. The van der Waals surface area contributed by atoms with E-state index in [-0.39, 0.29) is 17.1 Å². The first-order chi connectivity index (χ1) is 32.1. The number of benzene rings is 4. The van der Waals surface area contributed by atoms with Crippen molar-refractivity contribution in [2.45, 2.75) is 0 Å². The van der Waals surface area contributed by atoms with Crippen LogP contribution in [0.5, 0.6) is 0 Å². The van der Waals surface area contributed by atoms with Gasteiger partial charge in [0.2, 0.25) is 23.3 Å². The van der Waals surface area contributed by atoms with Crippen LogP contribution in [-0.4, -0.2) is 19.9 Å². The third-order valence-corrected chi connectivity index (χ3v) is 10.6. The maximum absolute atomic E-state index is 15.8. The number of hydrogen-bond acceptors (Lipinski definition) is 2. The zero-order valence-electron chi connectivity index (χ0n) is 32.5.